The number of ether oxygens (including phenoxy) is 2. The van der Waals surface area contributed by atoms with Crippen LogP contribution in [0.25, 0.3) is 0 Å². The molecule has 0 aromatic carbocycles. The molecule has 0 saturated carbocycles. The first kappa shape index (κ1) is 27.7. The Kier molecular flexibility index (Phi) is 14.1. The van der Waals surface area contributed by atoms with E-state index in [0.29, 0.717) is 12.8 Å². The second kappa shape index (κ2) is 16.3. The molecule has 0 unspecified atom stereocenters. The number of carbonyl (C=O) groups is 2. The lowest BCUT2D eigenvalue weighted by Crippen LogP contribution is -2.11. The van der Waals surface area contributed by atoms with E-state index in [9.17, 15) is 25.0 Å². The molecule has 0 fully saturated rings. The van der Waals surface area contributed by atoms with E-state index in [1.807, 2.05) is 0 Å². The van der Waals surface area contributed by atoms with Crippen LogP contribution in [0.15, 0.2) is 0 Å². The Bertz CT molecular complexity index is 629. The predicted octanol–water partition coefficient (Wildman–Crippen LogP) is 6.23. The minimum Gasteiger partial charge on any atom is -0.490 e. The molecule has 32 heavy (non-hydrogen) atoms. The summed E-state index contributed by atoms with van der Waals surface area (Å²) >= 11 is 0. The number of esters is 2. The van der Waals surface area contributed by atoms with Crippen LogP contribution in [-0.4, -0.2) is 32.1 Å². The van der Waals surface area contributed by atoms with Crippen LogP contribution in [0, 0.1) is 0 Å². The van der Waals surface area contributed by atoms with Crippen LogP contribution in [-0.2, 0) is 9.59 Å². The fourth-order valence-corrected chi connectivity index (χ4v) is 3.46. The van der Waals surface area contributed by atoms with Crippen molar-refractivity contribution in [3.05, 3.63) is 0 Å². The third kappa shape index (κ3) is 10.3. The van der Waals surface area contributed by atoms with E-state index in [-0.39, 0.29) is 17.6 Å². The van der Waals surface area contributed by atoms with Crippen LogP contribution in [0.2, 0.25) is 0 Å². The van der Waals surface area contributed by atoms with E-state index in [2.05, 4.69) is 13.8 Å². The Morgan fingerprint density at radius 1 is 0.625 bits per heavy atom. The van der Waals surface area contributed by atoms with Crippen molar-refractivity contribution in [3.63, 3.8) is 0 Å². The van der Waals surface area contributed by atoms with Crippen molar-refractivity contribution < 1.29 is 34.5 Å². The SMILES string of the molecule is CCCCCCCCCC(=O)Oc1c(OC(=O)CCCCCCCCC)c(O)n(O)c1O. The molecule has 0 bridgehead atoms. The van der Waals surface area contributed by atoms with Gasteiger partial charge in [0.15, 0.2) is 0 Å². The van der Waals surface area contributed by atoms with Crippen LogP contribution in [0.5, 0.6) is 23.3 Å². The number of unbranched alkanes of at least 4 members (excludes halogenated alkanes) is 12. The lowest BCUT2D eigenvalue weighted by atomic mass is 10.1. The molecule has 0 radical (unpaired) electrons. The van der Waals surface area contributed by atoms with Crippen LogP contribution < -0.4 is 9.47 Å². The standard InChI is InChI=1S/C24H41NO7/c1-3-5-7-9-11-13-15-17-19(26)31-21-22(24(29)25(30)23(21)28)32-20(27)18-16-14-12-10-8-6-4-2/h28-30H,3-18H2,1-2H3. The van der Waals surface area contributed by atoms with Gasteiger partial charge in [0.2, 0.25) is 11.5 Å². The highest BCUT2D eigenvalue weighted by molar-refractivity contribution is 5.78. The lowest BCUT2D eigenvalue weighted by molar-refractivity contribution is -0.137. The molecule has 0 aliphatic carbocycles. The van der Waals surface area contributed by atoms with Crippen molar-refractivity contribution in [2.45, 2.75) is 117 Å². The van der Waals surface area contributed by atoms with Gasteiger partial charge in [0.1, 0.15) is 0 Å². The van der Waals surface area contributed by atoms with Crippen LogP contribution in [0.3, 0.4) is 0 Å². The summed E-state index contributed by atoms with van der Waals surface area (Å²) in [5, 5.41) is 29.6. The Morgan fingerprint density at radius 2 is 0.938 bits per heavy atom. The number of nitrogens with zero attached hydrogens (tertiary/aromatic N) is 1. The van der Waals surface area contributed by atoms with Gasteiger partial charge in [-0.05, 0) is 12.8 Å². The van der Waals surface area contributed by atoms with Crippen molar-refractivity contribution in [2.24, 2.45) is 0 Å². The highest BCUT2D eigenvalue weighted by atomic mass is 16.6. The number of hydrogen-bond acceptors (Lipinski definition) is 7. The zero-order valence-electron chi connectivity index (χ0n) is 19.7. The minimum absolute atomic E-state index is 0.0205. The van der Waals surface area contributed by atoms with Gasteiger partial charge in [0, 0.05) is 12.8 Å². The number of aromatic hydroxyl groups is 2. The van der Waals surface area contributed by atoms with Gasteiger partial charge in [-0.15, -0.1) is 4.73 Å². The Labute approximate surface area is 191 Å². The fraction of sp³-hybridized carbons (Fsp3) is 0.750. The van der Waals surface area contributed by atoms with Gasteiger partial charge in [-0.2, -0.15) is 0 Å². The van der Waals surface area contributed by atoms with Gasteiger partial charge >= 0.3 is 11.9 Å². The second-order valence-electron chi connectivity index (χ2n) is 8.31. The Balaban J connectivity index is 2.48. The Hall–Kier alpha value is -2.38. The molecular weight excluding hydrogens is 414 g/mol. The maximum atomic E-state index is 12.1. The zero-order valence-corrected chi connectivity index (χ0v) is 19.7. The molecule has 0 saturated heterocycles. The molecule has 1 aromatic rings. The number of hydrogen-bond donors (Lipinski definition) is 3. The lowest BCUT2D eigenvalue weighted by Gasteiger charge is -2.07. The minimum atomic E-state index is -0.894. The third-order valence-electron chi connectivity index (χ3n) is 5.41. The smallest absolute Gasteiger partial charge is 0.311 e. The number of carbonyl (C=O) groups excluding carboxylic acids is 2. The van der Waals surface area contributed by atoms with Crippen molar-refractivity contribution in [1.29, 1.82) is 0 Å². The van der Waals surface area contributed by atoms with Crippen molar-refractivity contribution in [2.75, 3.05) is 0 Å². The normalized spacial score (nSPS) is 10.9. The first-order chi connectivity index (χ1) is 15.4. The second-order valence-corrected chi connectivity index (χ2v) is 8.31. The number of aromatic nitrogens is 1. The summed E-state index contributed by atoms with van der Waals surface area (Å²) in [5.41, 5.74) is 0. The van der Waals surface area contributed by atoms with E-state index in [1.165, 1.54) is 38.5 Å². The molecule has 0 atom stereocenters. The van der Waals surface area contributed by atoms with E-state index in [0.717, 1.165) is 38.5 Å². The highest BCUT2D eigenvalue weighted by Gasteiger charge is 2.29. The van der Waals surface area contributed by atoms with Crippen molar-refractivity contribution in [3.8, 4) is 23.3 Å². The monoisotopic (exact) mass is 455 g/mol. The van der Waals surface area contributed by atoms with Crippen LogP contribution in [0.4, 0.5) is 0 Å². The molecule has 184 valence electrons. The number of rotatable bonds is 18. The maximum Gasteiger partial charge on any atom is 0.311 e. The summed E-state index contributed by atoms with van der Waals surface area (Å²) in [5.74, 6) is -4.16. The Morgan fingerprint density at radius 3 is 1.28 bits per heavy atom. The largest absolute Gasteiger partial charge is 0.490 e. The summed E-state index contributed by atoms with van der Waals surface area (Å²) in [6, 6.07) is 0. The summed E-state index contributed by atoms with van der Waals surface area (Å²) < 4.78 is 10.2. The van der Waals surface area contributed by atoms with Gasteiger partial charge in [0.05, 0.1) is 0 Å². The van der Waals surface area contributed by atoms with Crippen molar-refractivity contribution in [1.82, 2.24) is 4.73 Å². The molecule has 3 N–H and O–H groups in total. The molecular formula is C24H41NO7. The third-order valence-corrected chi connectivity index (χ3v) is 5.41. The van der Waals surface area contributed by atoms with E-state index >= 15 is 0 Å². The van der Waals surface area contributed by atoms with E-state index < -0.39 is 35.2 Å². The van der Waals surface area contributed by atoms with Gasteiger partial charge in [-0.3, -0.25) is 9.59 Å². The van der Waals surface area contributed by atoms with Gasteiger partial charge in [0.25, 0.3) is 11.8 Å². The molecule has 1 rings (SSSR count). The summed E-state index contributed by atoms with van der Waals surface area (Å²) in [6.45, 7) is 4.31. The zero-order chi connectivity index (χ0) is 23.8. The van der Waals surface area contributed by atoms with Crippen molar-refractivity contribution >= 4 is 11.9 Å². The van der Waals surface area contributed by atoms with Gasteiger partial charge in [-0.1, -0.05) is 90.9 Å². The molecule has 0 amide bonds. The van der Waals surface area contributed by atoms with Gasteiger partial charge < -0.3 is 24.9 Å². The molecule has 8 heteroatoms. The average molecular weight is 456 g/mol. The topological polar surface area (TPSA) is 118 Å². The molecule has 1 heterocycles. The molecule has 0 spiro atoms. The predicted molar refractivity (Wildman–Crippen MR) is 121 cm³/mol. The highest BCUT2D eigenvalue weighted by Crippen LogP contribution is 2.46. The maximum absolute atomic E-state index is 12.1. The average Bonchev–Trinajstić information content (AvgIpc) is 2.96. The van der Waals surface area contributed by atoms with E-state index in [1.54, 1.807) is 0 Å². The summed E-state index contributed by atoms with van der Waals surface area (Å²) in [7, 11) is 0. The summed E-state index contributed by atoms with van der Waals surface area (Å²) in [4.78, 5) is 24.3. The summed E-state index contributed by atoms with van der Waals surface area (Å²) in [6.07, 6.45) is 14.8. The molecule has 0 aliphatic heterocycles. The fourth-order valence-electron chi connectivity index (χ4n) is 3.46. The molecule has 1 aromatic heterocycles. The van der Waals surface area contributed by atoms with Gasteiger partial charge in [-0.25, -0.2) is 0 Å². The van der Waals surface area contributed by atoms with Crippen LogP contribution >= 0.6 is 0 Å². The first-order valence-corrected chi connectivity index (χ1v) is 12.2. The molecule has 0 aliphatic rings. The first-order valence-electron chi connectivity index (χ1n) is 12.2. The molecule has 8 nitrogen and oxygen atoms in total. The quantitative estimate of drug-likeness (QED) is 0.136. The van der Waals surface area contributed by atoms with Crippen LogP contribution in [0.1, 0.15) is 117 Å². The van der Waals surface area contributed by atoms with E-state index in [4.69, 9.17) is 9.47 Å².